The van der Waals surface area contributed by atoms with E-state index < -0.39 is 5.82 Å². The van der Waals surface area contributed by atoms with Crippen LogP contribution in [0.2, 0.25) is 0 Å². The molecule has 0 saturated heterocycles. The van der Waals surface area contributed by atoms with Crippen molar-refractivity contribution < 1.29 is 9.18 Å². The van der Waals surface area contributed by atoms with Crippen molar-refractivity contribution in [2.75, 3.05) is 10.2 Å². The minimum atomic E-state index is -0.521. The van der Waals surface area contributed by atoms with Gasteiger partial charge >= 0.3 is 0 Å². The zero-order valence-electron chi connectivity index (χ0n) is 23.5. The number of fused-ring (bicyclic) bond motifs is 2. The molecule has 0 unspecified atom stereocenters. The van der Waals surface area contributed by atoms with Crippen molar-refractivity contribution in [3.8, 4) is 22.4 Å². The second-order valence-electron chi connectivity index (χ2n) is 10.6. The fourth-order valence-corrected chi connectivity index (χ4v) is 5.67. The molecule has 5 heterocycles. The van der Waals surface area contributed by atoms with Crippen molar-refractivity contribution in [2.24, 2.45) is 7.05 Å². The number of aromatic amines is 1. The molecule has 0 saturated carbocycles. The van der Waals surface area contributed by atoms with Crippen molar-refractivity contribution in [3.63, 3.8) is 0 Å². The zero-order chi connectivity index (χ0) is 29.1. The average molecular weight is 559 g/mol. The summed E-state index contributed by atoms with van der Waals surface area (Å²) in [4.78, 5) is 32.2. The molecular formula is C32H27FN8O. The monoisotopic (exact) mass is 558 g/mol. The van der Waals surface area contributed by atoms with Crippen molar-refractivity contribution in [2.45, 2.75) is 27.3 Å². The van der Waals surface area contributed by atoms with Crippen LogP contribution in [-0.2, 0) is 13.6 Å². The van der Waals surface area contributed by atoms with Crippen LogP contribution in [0.15, 0.2) is 67.3 Å². The largest absolute Gasteiger partial charge is 0.359 e. The molecule has 208 valence electrons. The molecule has 0 aliphatic carbocycles. The highest BCUT2D eigenvalue weighted by Gasteiger charge is 2.35. The number of nitrogens with zero attached hydrogens (tertiary/aromatic N) is 6. The van der Waals surface area contributed by atoms with Gasteiger partial charge in [0, 0.05) is 54.5 Å². The molecule has 42 heavy (non-hydrogen) atoms. The topological polar surface area (TPSA) is 105 Å². The fraction of sp³-hybridized carbons (Fsp3) is 0.156. The van der Waals surface area contributed by atoms with Gasteiger partial charge < -0.3 is 15.2 Å². The maximum Gasteiger partial charge on any atom is 0.262 e. The second kappa shape index (κ2) is 9.62. The Bertz CT molecular complexity index is 2020. The van der Waals surface area contributed by atoms with Crippen molar-refractivity contribution in [1.82, 2.24) is 29.7 Å². The van der Waals surface area contributed by atoms with E-state index >= 15 is 4.39 Å². The van der Waals surface area contributed by atoms with Gasteiger partial charge in [0.2, 0.25) is 5.95 Å². The number of aryl methyl sites for hydroxylation is 4. The van der Waals surface area contributed by atoms with E-state index in [0.29, 0.717) is 23.0 Å². The lowest BCUT2D eigenvalue weighted by Gasteiger charge is -2.17. The molecule has 10 heteroatoms. The number of carbonyl (C=O) groups excluding carboxylic acids is 1. The van der Waals surface area contributed by atoms with Crippen LogP contribution in [0, 0.1) is 26.6 Å². The minimum Gasteiger partial charge on any atom is -0.359 e. The Balaban J connectivity index is 1.28. The highest BCUT2D eigenvalue weighted by Crippen LogP contribution is 2.41. The van der Waals surface area contributed by atoms with Crippen LogP contribution in [0.25, 0.3) is 33.3 Å². The molecule has 6 aromatic rings. The van der Waals surface area contributed by atoms with Crippen LogP contribution in [0.1, 0.15) is 32.7 Å². The molecule has 0 atom stereocenters. The molecule has 4 aromatic heterocycles. The van der Waals surface area contributed by atoms with E-state index in [4.69, 9.17) is 4.98 Å². The van der Waals surface area contributed by atoms with Crippen molar-refractivity contribution >= 4 is 34.3 Å². The third kappa shape index (κ3) is 4.02. The molecule has 0 fully saturated rings. The molecule has 9 nitrogen and oxygen atoms in total. The molecule has 1 aliphatic heterocycles. The number of aromatic nitrogens is 6. The summed E-state index contributed by atoms with van der Waals surface area (Å²) in [5.41, 5.74) is 8.47. The summed E-state index contributed by atoms with van der Waals surface area (Å²) in [5.74, 6) is 0.201. The fourth-order valence-electron chi connectivity index (χ4n) is 5.67. The summed E-state index contributed by atoms with van der Waals surface area (Å²) in [6, 6.07) is 12.7. The van der Waals surface area contributed by atoms with Crippen molar-refractivity contribution in [1.29, 1.82) is 0 Å². The predicted octanol–water partition coefficient (Wildman–Crippen LogP) is 6.39. The summed E-state index contributed by atoms with van der Waals surface area (Å²) < 4.78 is 16.9. The van der Waals surface area contributed by atoms with Crippen LogP contribution in [0.3, 0.4) is 0 Å². The number of nitrogens with one attached hydrogen (secondary N) is 2. The molecule has 0 spiro atoms. The molecule has 0 bridgehead atoms. The van der Waals surface area contributed by atoms with Crippen LogP contribution in [0.4, 0.5) is 21.8 Å². The van der Waals surface area contributed by atoms with E-state index in [2.05, 4.69) is 25.4 Å². The van der Waals surface area contributed by atoms with E-state index in [1.807, 2.05) is 64.3 Å². The standard InChI is InChI=1S/C32H27FN8O/c1-17-13-34-11-10-20(17)21-8-9-25(33)28-24(21)16-41(31(28)42)26-7-5-6-22-23(15-35-30(22)26)29-18(2)14-36-32(38-29)37-27-12-19(3)40(4)39-27/h5-15,35H,16H2,1-4H3,(H,36,37,38,39). The highest BCUT2D eigenvalue weighted by atomic mass is 19.1. The molecular weight excluding hydrogens is 531 g/mol. The lowest BCUT2D eigenvalue weighted by molar-refractivity contribution is 0.0993. The average Bonchev–Trinajstić information content (AvgIpc) is 3.65. The summed E-state index contributed by atoms with van der Waals surface area (Å²) in [6.45, 7) is 6.14. The Morgan fingerprint density at radius 2 is 1.86 bits per heavy atom. The Morgan fingerprint density at radius 1 is 1.00 bits per heavy atom. The third-order valence-electron chi connectivity index (χ3n) is 7.91. The van der Waals surface area contributed by atoms with Crippen LogP contribution in [-0.4, -0.2) is 35.6 Å². The van der Waals surface area contributed by atoms with E-state index in [-0.39, 0.29) is 18.0 Å². The number of para-hydroxylation sites is 1. The van der Waals surface area contributed by atoms with Crippen LogP contribution >= 0.6 is 0 Å². The Hall–Kier alpha value is -5.38. The van der Waals surface area contributed by atoms with Gasteiger partial charge in [-0.15, -0.1) is 0 Å². The van der Waals surface area contributed by atoms with Gasteiger partial charge in [-0.1, -0.05) is 18.2 Å². The number of benzene rings is 2. The SMILES string of the molecule is Cc1cnccc1-c1ccc(F)c2c1CN(c1cccc3c(-c4nc(Nc5cc(C)n(C)n5)ncc4C)c[nH]c13)C2=O. The molecule has 0 radical (unpaired) electrons. The van der Waals surface area contributed by atoms with E-state index in [1.54, 1.807) is 34.2 Å². The predicted molar refractivity (Wildman–Crippen MR) is 160 cm³/mol. The lowest BCUT2D eigenvalue weighted by Crippen LogP contribution is -2.23. The number of hydrogen-bond donors (Lipinski definition) is 2. The van der Waals surface area contributed by atoms with Gasteiger partial charge in [-0.2, -0.15) is 5.10 Å². The molecule has 7 rings (SSSR count). The summed E-state index contributed by atoms with van der Waals surface area (Å²) >= 11 is 0. The Morgan fingerprint density at radius 3 is 2.64 bits per heavy atom. The van der Waals surface area contributed by atoms with Gasteiger partial charge in [0.05, 0.1) is 29.0 Å². The number of amides is 1. The van der Waals surface area contributed by atoms with Crippen molar-refractivity contribution in [3.05, 3.63) is 101 Å². The van der Waals surface area contributed by atoms with E-state index in [1.165, 1.54) is 6.07 Å². The first-order valence-electron chi connectivity index (χ1n) is 13.6. The molecule has 1 aliphatic rings. The number of hydrogen-bond acceptors (Lipinski definition) is 6. The minimum absolute atomic E-state index is 0.111. The number of carbonyl (C=O) groups is 1. The normalized spacial score (nSPS) is 12.8. The Labute approximate surface area is 241 Å². The second-order valence-corrected chi connectivity index (χ2v) is 10.6. The summed E-state index contributed by atoms with van der Waals surface area (Å²) in [6.07, 6.45) is 7.14. The first kappa shape index (κ1) is 25.6. The maximum absolute atomic E-state index is 15.1. The molecule has 1 amide bonds. The van der Waals surface area contributed by atoms with Crippen LogP contribution in [0.5, 0.6) is 0 Å². The first-order valence-corrected chi connectivity index (χ1v) is 13.6. The van der Waals surface area contributed by atoms with Gasteiger partial charge in [0.25, 0.3) is 5.91 Å². The number of H-pyrrole nitrogens is 1. The van der Waals surface area contributed by atoms with Gasteiger partial charge in [-0.25, -0.2) is 14.4 Å². The van der Waals surface area contributed by atoms with E-state index in [0.717, 1.165) is 50.1 Å². The molecule has 2 N–H and O–H groups in total. The summed E-state index contributed by atoms with van der Waals surface area (Å²) in [7, 11) is 1.88. The highest BCUT2D eigenvalue weighted by molar-refractivity contribution is 6.15. The third-order valence-corrected chi connectivity index (χ3v) is 7.91. The molecule has 2 aromatic carbocycles. The maximum atomic E-state index is 15.1. The number of rotatable bonds is 5. The Kier molecular flexibility index (Phi) is 5.86. The van der Waals surface area contributed by atoms with E-state index in [9.17, 15) is 4.79 Å². The van der Waals surface area contributed by atoms with Gasteiger partial charge in [0.15, 0.2) is 5.82 Å². The quantitative estimate of drug-likeness (QED) is 0.254. The zero-order valence-corrected chi connectivity index (χ0v) is 23.5. The lowest BCUT2D eigenvalue weighted by atomic mass is 9.95. The van der Waals surface area contributed by atoms with Gasteiger partial charge in [0.1, 0.15) is 5.82 Å². The van der Waals surface area contributed by atoms with Gasteiger partial charge in [-0.3, -0.25) is 14.5 Å². The number of anilines is 3. The summed E-state index contributed by atoms with van der Waals surface area (Å²) in [5, 5.41) is 8.52. The number of halogens is 1. The van der Waals surface area contributed by atoms with Crippen LogP contribution < -0.4 is 10.2 Å². The first-order chi connectivity index (χ1) is 20.3. The van der Waals surface area contributed by atoms with Gasteiger partial charge in [-0.05, 0) is 66.8 Å². The smallest absolute Gasteiger partial charge is 0.262 e. The number of pyridine rings is 1.